The van der Waals surface area contributed by atoms with Crippen LogP contribution in [0.25, 0.3) is 0 Å². The first-order chi connectivity index (χ1) is 9.43. The summed E-state index contributed by atoms with van der Waals surface area (Å²) in [6.07, 6.45) is -3.26. The molecule has 1 saturated heterocycles. The minimum absolute atomic E-state index is 0.0661. The van der Waals surface area contributed by atoms with E-state index < -0.39 is 11.7 Å². The first-order valence-electron chi connectivity index (χ1n) is 7.01. The van der Waals surface area contributed by atoms with E-state index in [1.54, 1.807) is 6.07 Å². The predicted molar refractivity (Wildman–Crippen MR) is 73.5 cm³/mol. The lowest BCUT2D eigenvalue weighted by atomic mass is 9.92. The first-order valence-corrected chi connectivity index (χ1v) is 7.01. The van der Waals surface area contributed by atoms with E-state index >= 15 is 0 Å². The molecule has 2 unspecified atom stereocenters. The second-order valence-electron chi connectivity index (χ2n) is 5.41. The summed E-state index contributed by atoms with van der Waals surface area (Å²) in [4.78, 5) is 2.15. The molecular weight excluding hydrogens is 265 g/mol. The molecule has 112 valence electrons. The Hall–Kier alpha value is -1.07. The maximum atomic E-state index is 12.8. The number of benzene rings is 1. The molecule has 1 heterocycles. The van der Waals surface area contributed by atoms with Gasteiger partial charge in [0, 0.05) is 6.04 Å². The Labute approximate surface area is 118 Å². The van der Waals surface area contributed by atoms with Gasteiger partial charge in [-0.2, -0.15) is 13.2 Å². The number of nitrogens with zero attached hydrogens (tertiary/aromatic N) is 1. The van der Waals surface area contributed by atoms with Crippen LogP contribution in [0.2, 0.25) is 0 Å². The summed E-state index contributed by atoms with van der Waals surface area (Å²) in [6, 6.07) is 5.81. The number of halogens is 3. The van der Waals surface area contributed by atoms with Gasteiger partial charge in [-0.25, -0.2) is 0 Å². The molecule has 20 heavy (non-hydrogen) atoms. The maximum Gasteiger partial charge on any atom is 0.416 e. The number of rotatable bonds is 4. The van der Waals surface area contributed by atoms with E-state index in [0.29, 0.717) is 5.92 Å². The van der Waals surface area contributed by atoms with Crippen LogP contribution in [0.4, 0.5) is 13.2 Å². The van der Waals surface area contributed by atoms with Crippen LogP contribution in [0.3, 0.4) is 0 Å². The van der Waals surface area contributed by atoms with Gasteiger partial charge in [0.2, 0.25) is 0 Å². The lowest BCUT2D eigenvalue weighted by Crippen LogP contribution is -2.28. The van der Waals surface area contributed by atoms with Crippen molar-refractivity contribution in [1.82, 2.24) is 10.2 Å². The molecule has 0 bridgehead atoms. The number of hydrogen-bond donors (Lipinski definition) is 1. The van der Waals surface area contributed by atoms with Crippen LogP contribution < -0.4 is 5.32 Å². The van der Waals surface area contributed by atoms with Crippen molar-refractivity contribution in [2.24, 2.45) is 5.92 Å². The quantitative estimate of drug-likeness (QED) is 0.913. The fourth-order valence-corrected chi connectivity index (χ4v) is 3.00. The summed E-state index contributed by atoms with van der Waals surface area (Å²) in [6.45, 7) is 4.70. The minimum atomic E-state index is -4.27. The Balaban J connectivity index is 2.24. The van der Waals surface area contributed by atoms with Crippen molar-refractivity contribution in [3.8, 4) is 0 Å². The molecule has 1 aromatic rings. The fraction of sp³-hybridized carbons (Fsp3) is 0.600. The monoisotopic (exact) mass is 286 g/mol. The smallest absolute Gasteiger partial charge is 0.317 e. The van der Waals surface area contributed by atoms with Gasteiger partial charge in [0.05, 0.1) is 5.56 Å². The zero-order valence-electron chi connectivity index (χ0n) is 11.9. The van der Waals surface area contributed by atoms with Crippen LogP contribution in [0.5, 0.6) is 0 Å². The van der Waals surface area contributed by atoms with Gasteiger partial charge in [0.1, 0.15) is 0 Å². The summed E-state index contributed by atoms with van der Waals surface area (Å²) in [5, 5.41) is 3.31. The number of alkyl halides is 3. The fourth-order valence-electron chi connectivity index (χ4n) is 3.00. The summed E-state index contributed by atoms with van der Waals surface area (Å²) >= 11 is 0. The Bertz CT molecular complexity index is 445. The maximum absolute atomic E-state index is 12.8. The molecule has 0 aromatic heterocycles. The molecule has 1 aromatic carbocycles. The molecular formula is C15H21F3N2. The average molecular weight is 286 g/mol. The van der Waals surface area contributed by atoms with Gasteiger partial charge in [-0.1, -0.05) is 19.1 Å². The third kappa shape index (κ3) is 3.33. The van der Waals surface area contributed by atoms with E-state index in [9.17, 15) is 13.2 Å². The van der Waals surface area contributed by atoms with E-state index in [2.05, 4.69) is 10.2 Å². The summed E-state index contributed by atoms with van der Waals surface area (Å²) < 4.78 is 38.5. The van der Waals surface area contributed by atoms with Gasteiger partial charge >= 0.3 is 6.18 Å². The molecule has 0 aliphatic carbocycles. The molecule has 0 radical (unpaired) electrons. The normalized spacial score (nSPS) is 24.2. The largest absolute Gasteiger partial charge is 0.416 e. The van der Waals surface area contributed by atoms with E-state index in [-0.39, 0.29) is 6.04 Å². The molecule has 2 rings (SSSR count). The minimum Gasteiger partial charge on any atom is -0.317 e. The van der Waals surface area contributed by atoms with Gasteiger partial charge in [-0.3, -0.25) is 4.90 Å². The molecule has 1 N–H and O–H groups in total. The van der Waals surface area contributed by atoms with Gasteiger partial charge in [-0.05, 0) is 56.7 Å². The van der Waals surface area contributed by atoms with Crippen LogP contribution in [-0.4, -0.2) is 31.6 Å². The number of hydrogen-bond acceptors (Lipinski definition) is 2. The SMILES string of the molecule is CCNCC1CCN(C)C1c1cccc(C(F)(F)F)c1. The van der Waals surface area contributed by atoms with Crippen molar-refractivity contribution in [3.63, 3.8) is 0 Å². The molecule has 0 saturated carbocycles. The highest BCUT2D eigenvalue weighted by Crippen LogP contribution is 2.38. The second kappa shape index (κ2) is 6.14. The number of likely N-dealkylation sites (tertiary alicyclic amines) is 1. The molecule has 5 heteroatoms. The molecule has 1 aliphatic rings. The summed E-state index contributed by atoms with van der Waals surface area (Å²) in [5.74, 6) is 0.364. The number of nitrogens with one attached hydrogen (secondary N) is 1. The Morgan fingerprint density at radius 1 is 1.35 bits per heavy atom. The highest BCUT2D eigenvalue weighted by atomic mass is 19.4. The molecule has 2 atom stereocenters. The van der Waals surface area contributed by atoms with Crippen molar-refractivity contribution >= 4 is 0 Å². The van der Waals surface area contributed by atoms with Crippen LogP contribution in [0, 0.1) is 5.92 Å². The van der Waals surface area contributed by atoms with Gasteiger partial charge in [0.25, 0.3) is 0 Å². The molecule has 2 nitrogen and oxygen atoms in total. The molecule has 0 spiro atoms. The highest BCUT2D eigenvalue weighted by molar-refractivity contribution is 5.29. The lowest BCUT2D eigenvalue weighted by Gasteiger charge is -2.26. The zero-order chi connectivity index (χ0) is 14.8. The molecule has 0 amide bonds. The van der Waals surface area contributed by atoms with E-state index in [0.717, 1.165) is 37.7 Å². The van der Waals surface area contributed by atoms with Crippen LogP contribution in [-0.2, 0) is 6.18 Å². The van der Waals surface area contributed by atoms with Crippen LogP contribution >= 0.6 is 0 Å². The second-order valence-corrected chi connectivity index (χ2v) is 5.41. The van der Waals surface area contributed by atoms with Gasteiger partial charge < -0.3 is 5.32 Å². The summed E-state index contributed by atoms with van der Waals surface area (Å²) in [7, 11) is 1.98. The topological polar surface area (TPSA) is 15.3 Å². The van der Waals surface area contributed by atoms with E-state index in [4.69, 9.17) is 0 Å². The lowest BCUT2D eigenvalue weighted by molar-refractivity contribution is -0.137. The Kier molecular flexibility index (Phi) is 4.70. The highest BCUT2D eigenvalue weighted by Gasteiger charge is 2.35. The van der Waals surface area contributed by atoms with Gasteiger partial charge in [-0.15, -0.1) is 0 Å². The third-order valence-corrected chi connectivity index (χ3v) is 3.99. The van der Waals surface area contributed by atoms with E-state index in [1.165, 1.54) is 12.1 Å². The standard InChI is InChI=1S/C15H21F3N2/c1-3-19-10-12-7-8-20(2)14(12)11-5-4-6-13(9-11)15(16,17)18/h4-6,9,12,14,19H,3,7-8,10H2,1-2H3. The van der Waals surface area contributed by atoms with Crippen molar-refractivity contribution in [3.05, 3.63) is 35.4 Å². The van der Waals surface area contributed by atoms with E-state index in [1.807, 2.05) is 14.0 Å². The Morgan fingerprint density at radius 3 is 2.75 bits per heavy atom. The third-order valence-electron chi connectivity index (χ3n) is 3.99. The zero-order valence-corrected chi connectivity index (χ0v) is 11.9. The first kappa shape index (κ1) is 15.3. The van der Waals surface area contributed by atoms with Crippen molar-refractivity contribution in [2.75, 3.05) is 26.7 Å². The van der Waals surface area contributed by atoms with Crippen LogP contribution in [0.15, 0.2) is 24.3 Å². The Morgan fingerprint density at radius 2 is 2.10 bits per heavy atom. The average Bonchev–Trinajstić information content (AvgIpc) is 2.76. The van der Waals surface area contributed by atoms with Crippen molar-refractivity contribution < 1.29 is 13.2 Å². The van der Waals surface area contributed by atoms with Crippen LogP contribution in [0.1, 0.15) is 30.5 Å². The van der Waals surface area contributed by atoms with Crippen molar-refractivity contribution in [1.29, 1.82) is 0 Å². The van der Waals surface area contributed by atoms with Gasteiger partial charge in [0.15, 0.2) is 0 Å². The molecule has 1 fully saturated rings. The van der Waals surface area contributed by atoms with Crippen molar-refractivity contribution in [2.45, 2.75) is 25.6 Å². The molecule has 1 aliphatic heterocycles. The summed E-state index contributed by atoms with van der Waals surface area (Å²) in [5.41, 5.74) is 0.209. The predicted octanol–water partition coefficient (Wildman–Crippen LogP) is 3.31.